The maximum atomic E-state index is 10.8. The number of ether oxygens (including phenoxy) is 1. The minimum atomic E-state index is -0.343. The first kappa shape index (κ1) is 9.43. The third-order valence-corrected chi connectivity index (χ3v) is 1.09. The van der Waals surface area contributed by atoms with Gasteiger partial charge in [-0.05, 0) is 20.8 Å². The van der Waals surface area contributed by atoms with Gasteiger partial charge in [0.2, 0.25) is 5.91 Å². The summed E-state index contributed by atoms with van der Waals surface area (Å²) in [5.74, 6) is -0.0753. The molecule has 10 heavy (non-hydrogen) atoms. The average Bonchev–Trinajstić information content (AvgIpc) is 1.85. The predicted molar refractivity (Wildman–Crippen MR) is 39.7 cm³/mol. The highest BCUT2D eigenvalue weighted by molar-refractivity contribution is 5.79. The normalized spacial score (nSPS) is 13.3. The van der Waals surface area contributed by atoms with E-state index in [1.165, 1.54) is 0 Å². The zero-order chi connectivity index (χ0) is 8.15. The van der Waals surface area contributed by atoms with Gasteiger partial charge in [-0.15, -0.1) is 0 Å². The Bertz CT molecular complexity index is 112. The standard InChI is InChI=1S/C7H15NO2/c1-5(2)10-6(3)7(9)8-4/h5-6H,1-4H3,(H,8,9)/t6-/m0/s1. The number of hydrogen-bond donors (Lipinski definition) is 1. The van der Waals surface area contributed by atoms with E-state index in [0.717, 1.165) is 0 Å². The number of amides is 1. The molecule has 1 amide bonds. The molecule has 0 saturated heterocycles. The average molecular weight is 145 g/mol. The predicted octanol–water partition coefficient (Wildman–Crippen LogP) is 0.546. The van der Waals surface area contributed by atoms with Crippen molar-refractivity contribution in [3.05, 3.63) is 0 Å². The van der Waals surface area contributed by atoms with Gasteiger partial charge >= 0.3 is 0 Å². The molecule has 1 atom stereocenters. The van der Waals surface area contributed by atoms with Gasteiger partial charge in [-0.3, -0.25) is 4.79 Å². The minimum Gasteiger partial charge on any atom is -0.366 e. The van der Waals surface area contributed by atoms with Crippen molar-refractivity contribution in [2.75, 3.05) is 7.05 Å². The van der Waals surface area contributed by atoms with Gasteiger partial charge < -0.3 is 10.1 Å². The van der Waals surface area contributed by atoms with E-state index in [4.69, 9.17) is 4.74 Å². The Kier molecular flexibility index (Phi) is 4.03. The van der Waals surface area contributed by atoms with E-state index in [-0.39, 0.29) is 18.1 Å². The van der Waals surface area contributed by atoms with Crippen LogP contribution < -0.4 is 5.32 Å². The zero-order valence-corrected chi connectivity index (χ0v) is 6.97. The van der Waals surface area contributed by atoms with Gasteiger partial charge in [-0.1, -0.05) is 0 Å². The topological polar surface area (TPSA) is 38.3 Å². The molecule has 0 fully saturated rings. The summed E-state index contributed by atoms with van der Waals surface area (Å²) in [6.07, 6.45) is -0.239. The lowest BCUT2D eigenvalue weighted by atomic mass is 10.3. The first-order valence-electron chi connectivity index (χ1n) is 3.45. The maximum absolute atomic E-state index is 10.8. The van der Waals surface area contributed by atoms with Crippen LogP contribution in [0.2, 0.25) is 0 Å². The summed E-state index contributed by atoms with van der Waals surface area (Å²) in [4.78, 5) is 10.8. The summed E-state index contributed by atoms with van der Waals surface area (Å²) in [6, 6.07) is 0. The van der Waals surface area contributed by atoms with Crippen LogP contribution in [-0.4, -0.2) is 25.2 Å². The van der Waals surface area contributed by atoms with Crippen molar-refractivity contribution in [1.29, 1.82) is 0 Å². The van der Waals surface area contributed by atoms with Crippen molar-refractivity contribution in [1.82, 2.24) is 5.32 Å². The van der Waals surface area contributed by atoms with Crippen molar-refractivity contribution < 1.29 is 9.53 Å². The van der Waals surface area contributed by atoms with Gasteiger partial charge in [0.1, 0.15) is 6.10 Å². The number of rotatable bonds is 3. The quantitative estimate of drug-likeness (QED) is 0.629. The van der Waals surface area contributed by atoms with Crippen LogP contribution in [0.4, 0.5) is 0 Å². The molecule has 0 aromatic rings. The summed E-state index contributed by atoms with van der Waals surface area (Å²) in [6.45, 7) is 5.54. The van der Waals surface area contributed by atoms with Crippen LogP contribution in [0.15, 0.2) is 0 Å². The van der Waals surface area contributed by atoms with E-state index in [1.54, 1.807) is 14.0 Å². The van der Waals surface area contributed by atoms with Crippen LogP contribution >= 0.6 is 0 Å². The zero-order valence-electron chi connectivity index (χ0n) is 6.97. The molecule has 0 aliphatic carbocycles. The highest BCUT2D eigenvalue weighted by Gasteiger charge is 2.11. The second-order valence-corrected chi connectivity index (χ2v) is 2.44. The Morgan fingerprint density at radius 2 is 1.90 bits per heavy atom. The molecule has 0 unspecified atom stereocenters. The van der Waals surface area contributed by atoms with E-state index in [1.807, 2.05) is 13.8 Å². The minimum absolute atomic E-state index is 0.0753. The number of hydrogen-bond acceptors (Lipinski definition) is 2. The molecular formula is C7H15NO2. The number of carbonyl (C=O) groups is 1. The molecule has 60 valence electrons. The molecule has 3 nitrogen and oxygen atoms in total. The summed E-state index contributed by atoms with van der Waals surface area (Å²) in [5.41, 5.74) is 0. The van der Waals surface area contributed by atoms with E-state index in [9.17, 15) is 4.79 Å². The fraction of sp³-hybridized carbons (Fsp3) is 0.857. The molecule has 3 heteroatoms. The van der Waals surface area contributed by atoms with Crippen molar-refractivity contribution in [2.24, 2.45) is 0 Å². The number of likely N-dealkylation sites (N-methyl/N-ethyl adjacent to an activating group) is 1. The van der Waals surface area contributed by atoms with E-state index in [0.29, 0.717) is 0 Å². The summed E-state index contributed by atoms with van der Waals surface area (Å²) in [7, 11) is 1.60. The third kappa shape index (κ3) is 3.45. The Labute approximate surface area is 61.8 Å². The molecule has 0 rings (SSSR count). The lowest BCUT2D eigenvalue weighted by Crippen LogP contribution is -2.33. The van der Waals surface area contributed by atoms with Gasteiger partial charge in [0.05, 0.1) is 6.10 Å². The Hall–Kier alpha value is -0.570. The second-order valence-electron chi connectivity index (χ2n) is 2.44. The van der Waals surface area contributed by atoms with Crippen LogP contribution in [0, 0.1) is 0 Å². The molecule has 0 heterocycles. The van der Waals surface area contributed by atoms with Crippen LogP contribution in [0.5, 0.6) is 0 Å². The van der Waals surface area contributed by atoms with Crippen LogP contribution in [0.3, 0.4) is 0 Å². The van der Waals surface area contributed by atoms with Crippen LogP contribution in [0.1, 0.15) is 20.8 Å². The van der Waals surface area contributed by atoms with Gasteiger partial charge in [-0.25, -0.2) is 0 Å². The van der Waals surface area contributed by atoms with E-state index >= 15 is 0 Å². The molecule has 0 aromatic heterocycles. The highest BCUT2D eigenvalue weighted by atomic mass is 16.5. The molecule has 0 aromatic carbocycles. The van der Waals surface area contributed by atoms with Gasteiger partial charge in [0.15, 0.2) is 0 Å². The smallest absolute Gasteiger partial charge is 0.248 e. The third-order valence-electron chi connectivity index (χ3n) is 1.09. The Balaban J connectivity index is 3.61. The van der Waals surface area contributed by atoms with E-state index < -0.39 is 0 Å². The molecule has 0 radical (unpaired) electrons. The monoisotopic (exact) mass is 145 g/mol. The van der Waals surface area contributed by atoms with Gasteiger partial charge in [-0.2, -0.15) is 0 Å². The first-order valence-corrected chi connectivity index (χ1v) is 3.45. The lowest BCUT2D eigenvalue weighted by molar-refractivity contribution is -0.133. The SMILES string of the molecule is CNC(=O)[C@H](C)OC(C)C. The fourth-order valence-corrected chi connectivity index (χ4v) is 0.673. The van der Waals surface area contributed by atoms with Gasteiger partial charge in [0, 0.05) is 7.05 Å². The molecule has 0 saturated carbocycles. The summed E-state index contributed by atoms with van der Waals surface area (Å²) >= 11 is 0. The molecular weight excluding hydrogens is 130 g/mol. The summed E-state index contributed by atoms with van der Waals surface area (Å²) < 4.78 is 5.19. The maximum Gasteiger partial charge on any atom is 0.248 e. The Morgan fingerprint density at radius 3 is 2.20 bits per heavy atom. The van der Waals surface area contributed by atoms with Crippen molar-refractivity contribution in [3.8, 4) is 0 Å². The fourth-order valence-electron chi connectivity index (χ4n) is 0.673. The second kappa shape index (κ2) is 4.28. The molecule has 1 N–H and O–H groups in total. The lowest BCUT2D eigenvalue weighted by Gasteiger charge is -2.13. The van der Waals surface area contributed by atoms with Crippen molar-refractivity contribution in [2.45, 2.75) is 33.0 Å². The molecule has 0 aliphatic heterocycles. The Morgan fingerprint density at radius 1 is 1.40 bits per heavy atom. The van der Waals surface area contributed by atoms with E-state index in [2.05, 4.69) is 5.32 Å². The summed E-state index contributed by atoms with van der Waals surface area (Å²) in [5, 5.41) is 2.51. The van der Waals surface area contributed by atoms with Gasteiger partial charge in [0.25, 0.3) is 0 Å². The van der Waals surface area contributed by atoms with Crippen molar-refractivity contribution in [3.63, 3.8) is 0 Å². The van der Waals surface area contributed by atoms with Crippen molar-refractivity contribution >= 4 is 5.91 Å². The largest absolute Gasteiger partial charge is 0.366 e. The number of nitrogens with one attached hydrogen (secondary N) is 1. The molecule has 0 aliphatic rings. The molecule has 0 spiro atoms. The highest BCUT2D eigenvalue weighted by Crippen LogP contribution is 1.95. The first-order chi connectivity index (χ1) is 4.57. The van der Waals surface area contributed by atoms with Crippen LogP contribution in [-0.2, 0) is 9.53 Å². The van der Waals surface area contributed by atoms with Crippen LogP contribution in [0.25, 0.3) is 0 Å². The molecule has 0 bridgehead atoms. The number of carbonyl (C=O) groups excluding carboxylic acids is 1.